The van der Waals surface area contributed by atoms with Gasteiger partial charge in [-0.05, 0) is 79.3 Å². The molecule has 2 amide bonds. The van der Waals surface area contributed by atoms with Gasteiger partial charge in [-0.1, -0.05) is 6.07 Å². The summed E-state index contributed by atoms with van der Waals surface area (Å²) in [6, 6.07) is 6.99. The maximum absolute atomic E-state index is 13.9. The Morgan fingerprint density at radius 3 is 2.65 bits per heavy atom. The van der Waals surface area contributed by atoms with Crippen molar-refractivity contribution < 1.29 is 37.8 Å². The molecular formula is C32H39F2N6O6PS. The number of aliphatic hydroxyl groups is 1. The van der Waals surface area contributed by atoms with Crippen LogP contribution < -0.4 is 15.5 Å². The SMILES string of the molecule is O=C(N[C@H]1CCC[C@H]2CC[C@@H](NC(O)N3CC(c4cnccc4N4CC[C@@H]4C(F)F)C3)N2C1=O)c1cc2cc(CP(=O)(O)O)ccc2s1. The van der Waals surface area contributed by atoms with Crippen LogP contribution in [-0.2, 0) is 15.5 Å². The summed E-state index contributed by atoms with van der Waals surface area (Å²) < 4.78 is 39.1. The standard InChI is InChI=1S/C32H39F2N6O6PS/c33-29(34)25-9-11-39(25)24-8-10-35-14-22(24)20-15-38(16-20)32(43)37-28-7-5-21-2-1-3-23(31(42)40(21)28)36-30(41)27-13-19-12-18(17-47(44,45)46)4-6-26(19)48-27/h4,6,8,10,12-14,20-21,23,25,28-29,32,37,43H,1-3,5,7,9,11,15-17H2,(H,36,41)(H2,44,45,46)/t21-,23-,25+,28-,32?/m0/s1. The second-order valence-electron chi connectivity index (χ2n) is 13.3. The number of carbonyl (C=O) groups excluding carboxylic acids is 2. The van der Waals surface area contributed by atoms with Crippen LogP contribution in [-0.4, -0.2) is 98.2 Å². The number of hydrogen-bond donors (Lipinski definition) is 5. The summed E-state index contributed by atoms with van der Waals surface area (Å²) >= 11 is 1.25. The average molecular weight is 705 g/mol. The molecule has 0 aliphatic carbocycles. The van der Waals surface area contributed by atoms with Crippen LogP contribution in [0.15, 0.2) is 42.7 Å². The largest absolute Gasteiger partial charge is 0.365 e. The molecule has 258 valence electrons. The van der Waals surface area contributed by atoms with Crippen LogP contribution >= 0.6 is 18.9 Å². The molecule has 1 aromatic carbocycles. The van der Waals surface area contributed by atoms with Crippen molar-refractivity contribution in [1.82, 2.24) is 25.4 Å². The van der Waals surface area contributed by atoms with E-state index in [9.17, 15) is 37.8 Å². The molecule has 4 fully saturated rings. The molecule has 4 aliphatic heterocycles. The minimum absolute atomic E-state index is 0.00210. The van der Waals surface area contributed by atoms with Gasteiger partial charge >= 0.3 is 7.60 Å². The zero-order chi connectivity index (χ0) is 33.7. The highest BCUT2D eigenvalue weighted by Crippen LogP contribution is 2.41. The molecule has 16 heteroatoms. The van der Waals surface area contributed by atoms with Gasteiger partial charge in [-0.2, -0.15) is 0 Å². The highest BCUT2D eigenvalue weighted by Gasteiger charge is 2.45. The molecule has 4 saturated heterocycles. The summed E-state index contributed by atoms with van der Waals surface area (Å²) in [6.07, 6.45) is 3.08. The third kappa shape index (κ3) is 6.74. The Kier molecular flexibility index (Phi) is 9.30. The number of nitrogens with one attached hydrogen (secondary N) is 2. The van der Waals surface area contributed by atoms with Crippen LogP contribution in [0.5, 0.6) is 0 Å². The fourth-order valence-corrected chi connectivity index (χ4v) is 9.18. The molecule has 12 nitrogen and oxygen atoms in total. The van der Waals surface area contributed by atoms with Crippen LogP contribution in [0.3, 0.4) is 0 Å². The van der Waals surface area contributed by atoms with Crippen molar-refractivity contribution in [2.75, 3.05) is 24.5 Å². The fraction of sp³-hybridized carbons (Fsp3) is 0.531. The number of aliphatic hydroxyl groups excluding tert-OH is 1. The molecule has 0 radical (unpaired) electrons. The van der Waals surface area contributed by atoms with Gasteiger partial charge < -0.3 is 30.0 Å². The maximum atomic E-state index is 13.9. The van der Waals surface area contributed by atoms with Gasteiger partial charge in [0.1, 0.15) is 6.04 Å². The van der Waals surface area contributed by atoms with Crippen LogP contribution in [0, 0.1) is 0 Å². The predicted molar refractivity (Wildman–Crippen MR) is 176 cm³/mol. The topological polar surface area (TPSA) is 159 Å². The van der Waals surface area contributed by atoms with E-state index in [0.717, 1.165) is 35.2 Å². The molecule has 3 aromatic rings. The number of benzene rings is 1. The molecule has 0 saturated carbocycles. The van der Waals surface area contributed by atoms with Crippen molar-refractivity contribution in [1.29, 1.82) is 0 Å². The number of aromatic nitrogens is 1. The fourth-order valence-electron chi connectivity index (χ4n) is 7.56. The Hall–Kier alpha value is -3.04. The van der Waals surface area contributed by atoms with E-state index in [1.807, 2.05) is 4.90 Å². The molecule has 6 heterocycles. The Morgan fingerprint density at radius 2 is 1.92 bits per heavy atom. The second-order valence-corrected chi connectivity index (χ2v) is 16.0. The van der Waals surface area contributed by atoms with Crippen LogP contribution in [0.25, 0.3) is 10.1 Å². The molecule has 2 aromatic heterocycles. The Morgan fingerprint density at radius 1 is 1.10 bits per heavy atom. The number of hydrogen-bond acceptors (Lipinski definition) is 9. The number of likely N-dealkylation sites (tertiary alicyclic amines) is 1. The Balaban J connectivity index is 0.972. The van der Waals surface area contributed by atoms with E-state index < -0.39 is 38.6 Å². The van der Waals surface area contributed by atoms with Crippen molar-refractivity contribution in [3.8, 4) is 0 Å². The Bertz CT molecular complexity index is 1740. The van der Waals surface area contributed by atoms with E-state index in [1.54, 1.807) is 52.5 Å². The number of fused-ring (bicyclic) bond motifs is 2. The number of alkyl halides is 2. The lowest BCUT2D eigenvalue weighted by molar-refractivity contribution is -0.139. The third-order valence-electron chi connectivity index (χ3n) is 10.1. The van der Waals surface area contributed by atoms with Gasteiger partial charge in [0.05, 0.1) is 23.2 Å². The molecule has 1 unspecified atom stereocenters. The predicted octanol–water partition coefficient (Wildman–Crippen LogP) is 3.38. The van der Waals surface area contributed by atoms with Crippen molar-refractivity contribution >= 4 is 46.5 Å². The van der Waals surface area contributed by atoms with Crippen molar-refractivity contribution in [2.45, 2.75) is 87.7 Å². The summed E-state index contributed by atoms with van der Waals surface area (Å²) in [5.41, 5.74) is 2.15. The normalized spacial score (nSPS) is 25.9. The highest BCUT2D eigenvalue weighted by atomic mass is 32.1. The maximum Gasteiger partial charge on any atom is 0.329 e. The van der Waals surface area contributed by atoms with Gasteiger partial charge in [-0.25, -0.2) is 8.78 Å². The number of halogens is 2. The molecule has 4 aliphatic rings. The van der Waals surface area contributed by atoms with Crippen molar-refractivity contribution in [3.63, 3.8) is 0 Å². The van der Waals surface area contributed by atoms with E-state index in [4.69, 9.17) is 0 Å². The first kappa shape index (κ1) is 33.5. The van der Waals surface area contributed by atoms with Crippen LogP contribution in [0.1, 0.15) is 65.2 Å². The number of carbonyl (C=O) groups is 2. The molecule has 5 atom stereocenters. The van der Waals surface area contributed by atoms with Gasteiger partial charge in [-0.15, -0.1) is 11.3 Å². The van der Waals surface area contributed by atoms with Gasteiger partial charge in [0.2, 0.25) is 5.91 Å². The quantitative estimate of drug-likeness (QED) is 0.157. The van der Waals surface area contributed by atoms with E-state index in [1.165, 1.54) is 11.3 Å². The number of anilines is 1. The zero-order valence-electron chi connectivity index (χ0n) is 26.1. The van der Waals surface area contributed by atoms with Crippen molar-refractivity contribution in [3.05, 3.63) is 58.7 Å². The molecule has 0 spiro atoms. The van der Waals surface area contributed by atoms with Gasteiger partial charge in [0.15, 0.2) is 6.35 Å². The third-order valence-corrected chi connectivity index (χ3v) is 12.0. The van der Waals surface area contributed by atoms with Crippen LogP contribution in [0.4, 0.5) is 14.5 Å². The molecule has 48 heavy (non-hydrogen) atoms. The molecule has 0 bridgehead atoms. The van der Waals surface area contributed by atoms with Gasteiger partial charge in [0, 0.05) is 54.4 Å². The lowest BCUT2D eigenvalue weighted by Crippen LogP contribution is -2.62. The summed E-state index contributed by atoms with van der Waals surface area (Å²) in [4.78, 5) is 55.9. The first-order chi connectivity index (χ1) is 22.9. The van der Waals surface area contributed by atoms with Gasteiger partial charge in [-0.3, -0.25) is 29.4 Å². The van der Waals surface area contributed by atoms with E-state index in [-0.39, 0.29) is 29.9 Å². The summed E-state index contributed by atoms with van der Waals surface area (Å²) in [6.45, 7) is 1.60. The summed E-state index contributed by atoms with van der Waals surface area (Å²) in [5.74, 6) is -0.540. The number of pyridine rings is 1. The van der Waals surface area contributed by atoms with Crippen molar-refractivity contribution in [2.24, 2.45) is 0 Å². The summed E-state index contributed by atoms with van der Waals surface area (Å²) in [5, 5.41) is 18.0. The average Bonchev–Trinajstić information content (AvgIpc) is 3.54. The summed E-state index contributed by atoms with van der Waals surface area (Å²) in [7, 11) is -4.23. The van der Waals surface area contributed by atoms with E-state index in [2.05, 4.69) is 15.6 Å². The molecule has 5 N–H and O–H groups in total. The first-order valence-electron chi connectivity index (χ1n) is 16.3. The smallest absolute Gasteiger partial charge is 0.329 e. The number of amides is 2. The monoisotopic (exact) mass is 704 g/mol. The number of nitrogens with zero attached hydrogens (tertiary/aromatic N) is 4. The zero-order valence-corrected chi connectivity index (χ0v) is 27.8. The second kappa shape index (κ2) is 13.3. The van der Waals surface area contributed by atoms with E-state index >= 15 is 0 Å². The van der Waals surface area contributed by atoms with Gasteiger partial charge in [0.25, 0.3) is 12.3 Å². The lowest BCUT2D eigenvalue weighted by atomic mass is 9.89. The molecular weight excluding hydrogens is 665 g/mol. The highest BCUT2D eigenvalue weighted by molar-refractivity contribution is 7.50. The van der Waals surface area contributed by atoms with E-state index in [0.29, 0.717) is 54.7 Å². The van der Waals surface area contributed by atoms with Crippen LogP contribution in [0.2, 0.25) is 0 Å². The lowest BCUT2D eigenvalue weighted by Gasteiger charge is -2.47. The number of thiophene rings is 1. The Labute approximate surface area is 280 Å². The first-order valence-corrected chi connectivity index (χ1v) is 18.9. The minimum atomic E-state index is -4.23. The molecule has 7 rings (SSSR count). The number of rotatable bonds is 10. The minimum Gasteiger partial charge on any atom is -0.365 e.